The average molecular weight is 261 g/mol. The molecule has 0 saturated carbocycles. The van der Waals surface area contributed by atoms with Crippen molar-refractivity contribution in [2.24, 2.45) is 0 Å². The molecule has 0 unspecified atom stereocenters. The first-order valence-corrected chi connectivity index (χ1v) is 6.10. The van der Waals surface area contributed by atoms with Gasteiger partial charge in [0.2, 0.25) is 0 Å². The number of carbonyl (C=O) groups is 1. The van der Waals surface area contributed by atoms with Crippen LogP contribution in [0.5, 0.6) is 5.75 Å². The summed E-state index contributed by atoms with van der Waals surface area (Å²) in [5, 5.41) is 9.81. The molecule has 0 bridgehead atoms. The first-order valence-electron chi connectivity index (χ1n) is 6.10. The van der Waals surface area contributed by atoms with Gasteiger partial charge in [0, 0.05) is 18.1 Å². The van der Waals surface area contributed by atoms with Crippen LogP contribution in [0, 0.1) is 0 Å². The minimum absolute atomic E-state index is 0.0832. The van der Waals surface area contributed by atoms with Crippen LogP contribution < -0.4 is 10.3 Å². The number of hydrogen-bond acceptors (Lipinski definition) is 3. The van der Waals surface area contributed by atoms with Crippen LogP contribution in [0.4, 0.5) is 0 Å². The lowest BCUT2D eigenvalue weighted by atomic mass is 10.1. The fourth-order valence-corrected chi connectivity index (χ4v) is 1.97. The summed E-state index contributed by atoms with van der Waals surface area (Å²) >= 11 is 0. The molecule has 19 heavy (non-hydrogen) atoms. The Hall–Kier alpha value is -2.30. The molecule has 0 spiro atoms. The second-order valence-electron chi connectivity index (χ2n) is 4.21. The van der Waals surface area contributed by atoms with Crippen molar-refractivity contribution in [3.63, 3.8) is 0 Å². The zero-order valence-corrected chi connectivity index (χ0v) is 10.6. The minimum atomic E-state index is -1.05. The molecule has 0 aliphatic rings. The van der Waals surface area contributed by atoms with E-state index in [-0.39, 0.29) is 5.56 Å². The number of aromatic nitrogens is 1. The predicted molar refractivity (Wildman–Crippen MR) is 71.6 cm³/mol. The van der Waals surface area contributed by atoms with E-state index in [9.17, 15) is 9.59 Å². The van der Waals surface area contributed by atoms with Gasteiger partial charge in [-0.1, -0.05) is 13.0 Å². The molecule has 0 fully saturated rings. The SMILES string of the molecule is CCCn1ccc2c(OCC(=O)O)cccc2c1=O. The first-order chi connectivity index (χ1) is 9.13. The molecule has 0 radical (unpaired) electrons. The number of carboxylic acids is 1. The molecule has 1 aromatic heterocycles. The molecule has 1 heterocycles. The maximum absolute atomic E-state index is 12.2. The van der Waals surface area contributed by atoms with Crippen molar-refractivity contribution in [3.05, 3.63) is 40.8 Å². The monoisotopic (exact) mass is 261 g/mol. The van der Waals surface area contributed by atoms with Crippen molar-refractivity contribution in [3.8, 4) is 5.75 Å². The maximum atomic E-state index is 12.2. The van der Waals surface area contributed by atoms with Gasteiger partial charge >= 0.3 is 5.97 Å². The Labute approximate surface area is 110 Å². The van der Waals surface area contributed by atoms with Crippen LogP contribution in [0.3, 0.4) is 0 Å². The maximum Gasteiger partial charge on any atom is 0.341 e. The van der Waals surface area contributed by atoms with Gasteiger partial charge in [-0.15, -0.1) is 0 Å². The number of ether oxygens (including phenoxy) is 1. The number of benzene rings is 1. The number of pyridine rings is 1. The lowest BCUT2D eigenvalue weighted by Gasteiger charge is -2.09. The van der Waals surface area contributed by atoms with Crippen molar-refractivity contribution in [2.45, 2.75) is 19.9 Å². The number of aryl methyl sites for hydroxylation is 1. The molecule has 0 aliphatic carbocycles. The van der Waals surface area contributed by atoms with Crippen LogP contribution in [0.25, 0.3) is 10.8 Å². The number of rotatable bonds is 5. The van der Waals surface area contributed by atoms with E-state index >= 15 is 0 Å². The smallest absolute Gasteiger partial charge is 0.341 e. The highest BCUT2D eigenvalue weighted by Gasteiger charge is 2.08. The van der Waals surface area contributed by atoms with Gasteiger partial charge in [-0.2, -0.15) is 0 Å². The molecule has 0 amide bonds. The van der Waals surface area contributed by atoms with Crippen molar-refractivity contribution in [1.29, 1.82) is 0 Å². The molecular weight excluding hydrogens is 246 g/mol. The Morgan fingerprint density at radius 1 is 1.32 bits per heavy atom. The average Bonchev–Trinajstić information content (AvgIpc) is 2.40. The van der Waals surface area contributed by atoms with E-state index in [1.165, 1.54) is 0 Å². The highest BCUT2D eigenvalue weighted by atomic mass is 16.5. The van der Waals surface area contributed by atoms with E-state index in [1.807, 2.05) is 6.92 Å². The van der Waals surface area contributed by atoms with Gasteiger partial charge in [0.25, 0.3) is 5.56 Å². The fraction of sp³-hybridized carbons (Fsp3) is 0.286. The number of aliphatic carboxylic acids is 1. The second-order valence-corrected chi connectivity index (χ2v) is 4.21. The van der Waals surface area contributed by atoms with E-state index in [0.29, 0.717) is 23.1 Å². The number of hydrogen-bond donors (Lipinski definition) is 1. The predicted octanol–water partition coefficient (Wildman–Crippen LogP) is 1.87. The molecule has 1 N–H and O–H groups in total. The highest BCUT2D eigenvalue weighted by Crippen LogP contribution is 2.23. The molecule has 5 heteroatoms. The Morgan fingerprint density at radius 2 is 2.11 bits per heavy atom. The summed E-state index contributed by atoms with van der Waals surface area (Å²) in [5.74, 6) is -0.628. The molecule has 0 atom stereocenters. The van der Waals surface area contributed by atoms with Gasteiger partial charge < -0.3 is 14.4 Å². The van der Waals surface area contributed by atoms with Gasteiger partial charge in [-0.3, -0.25) is 4.79 Å². The van der Waals surface area contributed by atoms with Gasteiger partial charge in [-0.25, -0.2) is 4.79 Å². The Balaban J connectivity index is 2.49. The molecule has 0 aliphatic heterocycles. The van der Waals surface area contributed by atoms with E-state index in [0.717, 1.165) is 6.42 Å². The zero-order valence-electron chi connectivity index (χ0n) is 10.6. The number of nitrogens with zero attached hydrogens (tertiary/aromatic N) is 1. The van der Waals surface area contributed by atoms with Crippen molar-refractivity contribution in [1.82, 2.24) is 4.57 Å². The van der Waals surface area contributed by atoms with Crippen LogP contribution in [-0.2, 0) is 11.3 Å². The lowest BCUT2D eigenvalue weighted by molar-refractivity contribution is -0.139. The summed E-state index contributed by atoms with van der Waals surface area (Å²) in [6, 6.07) is 6.85. The third-order valence-corrected chi connectivity index (χ3v) is 2.79. The third kappa shape index (κ3) is 2.76. The quantitative estimate of drug-likeness (QED) is 0.892. The summed E-state index contributed by atoms with van der Waals surface area (Å²) in [7, 11) is 0. The van der Waals surface area contributed by atoms with Crippen molar-refractivity contribution in [2.75, 3.05) is 6.61 Å². The zero-order chi connectivity index (χ0) is 13.8. The van der Waals surface area contributed by atoms with Crippen LogP contribution in [0.1, 0.15) is 13.3 Å². The molecule has 2 aromatic rings. The molecule has 0 saturated heterocycles. The Morgan fingerprint density at radius 3 is 2.79 bits per heavy atom. The van der Waals surface area contributed by atoms with Crippen LogP contribution in [0.15, 0.2) is 35.3 Å². The van der Waals surface area contributed by atoms with Crippen molar-refractivity contribution < 1.29 is 14.6 Å². The van der Waals surface area contributed by atoms with E-state index in [2.05, 4.69) is 0 Å². The van der Waals surface area contributed by atoms with Crippen molar-refractivity contribution >= 4 is 16.7 Å². The molecule has 5 nitrogen and oxygen atoms in total. The highest BCUT2D eigenvalue weighted by molar-refractivity contribution is 5.87. The molecule has 100 valence electrons. The largest absolute Gasteiger partial charge is 0.481 e. The van der Waals surface area contributed by atoms with E-state index in [1.54, 1.807) is 35.0 Å². The van der Waals surface area contributed by atoms with Gasteiger partial charge in [0.15, 0.2) is 6.61 Å². The van der Waals surface area contributed by atoms with Crippen LogP contribution >= 0.6 is 0 Å². The molecule has 1 aromatic carbocycles. The van der Waals surface area contributed by atoms with Crippen LogP contribution in [0.2, 0.25) is 0 Å². The van der Waals surface area contributed by atoms with Gasteiger partial charge in [0.05, 0.1) is 5.39 Å². The Bertz CT molecular complexity index is 660. The fourth-order valence-electron chi connectivity index (χ4n) is 1.97. The van der Waals surface area contributed by atoms with Crippen LogP contribution in [-0.4, -0.2) is 22.2 Å². The summed E-state index contributed by atoms with van der Waals surface area (Å²) in [5.41, 5.74) is -0.0832. The topological polar surface area (TPSA) is 68.5 Å². The van der Waals surface area contributed by atoms with E-state index in [4.69, 9.17) is 9.84 Å². The Kier molecular flexibility index (Phi) is 3.85. The number of carboxylic acid groups (broad SMARTS) is 1. The summed E-state index contributed by atoms with van der Waals surface area (Å²) in [4.78, 5) is 22.7. The summed E-state index contributed by atoms with van der Waals surface area (Å²) in [6.45, 7) is 2.25. The minimum Gasteiger partial charge on any atom is -0.481 e. The van der Waals surface area contributed by atoms with E-state index < -0.39 is 12.6 Å². The lowest BCUT2D eigenvalue weighted by Crippen LogP contribution is -2.19. The molecule has 2 rings (SSSR count). The first kappa shape index (κ1) is 13.1. The number of fused-ring (bicyclic) bond motifs is 1. The summed E-state index contributed by atoms with van der Waals surface area (Å²) in [6.07, 6.45) is 2.59. The second kappa shape index (κ2) is 5.56. The summed E-state index contributed by atoms with van der Waals surface area (Å²) < 4.78 is 6.83. The van der Waals surface area contributed by atoms with Gasteiger partial charge in [-0.05, 0) is 24.6 Å². The standard InChI is InChI=1S/C14H15NO4/c1-2-7-15-8-6-10-11(14(15)18)4-3-5-12(10)19-9-13(16)17/h3-6,8H,2,7,9H2,1H3,(H,16,17). The molecular formula is C14H15NO4. The normalized spacial score (nSPS) is 10.6. The van der Waals surface area contributed by atoms with Gasteiger partial charge in [0.1, 0.15) is 5.75 Å². The third-order valence-electron chi connectivity index (χ3n) is 2.79.